The van der Waals surface area contributed by atoms with E-state index < -0.39 is 30.9 Å². The van der Waals surface area contributed by atoms with Crippen LogP contribution >= 0.6 is 0 Å². The summed E-state index contributed by atoms with van der Waals surface area (Å²) in [5.41, 5.74) is 0.813. The summed E-state index contributed by atoms with van der Waals surface area (Å²) in [5.74, 6) is -2.84. The number of carboxylic acid groups (broad SMARTS) is 1. The molecule has 0 spiro atoms. The Labute approximate surface area is 98.6 Å². The predicted molar refractivity (Wildman–Crippen MR) is 59.1 cm³/mol. The van der Waals surface area contributed by atoms with E-state index in [1.807, 2.05) is 18.2 Å². The van der Waals surface area contributed by atoms with Crippen LogP contribution in [0.2, 0.25) is 0 Å². The molecule has 0 aromatic heterocycles. The van der Waals surface area contributed by atoms with Gasteiger partial charge in [0.1, 0.15) is 6.61 Å². The van der Waals surface area contributed by atoms with Gasteiger partial charge in [0.15, 0.2) is 0 Å². The first kappa shape index (κ1) is 13.2. The molecule has 0 amide bonds. The summed E-state index contributed by atoms with van der Waals surface area (Å²) in [4.78, 5) is 21.9. The quantitative estimate of drug-likeness (QED) is 0.716. The van der Waals surface area contributed by atoms with Crippen molar-refractivity contribution in [1.82, 2.24) is 0 Å². The third-order valence-electron chi connectivity index (χ3n) is 2.20. The Balaban J connectivity index is 2.45. The third-order valence-corrected chi connectivity index (χ3v) is 2.20. The van der Waals surface area contributed by atoms with Crippen LogP contribution in [0.4, 0.5) is 0 Å². The maximum Gasteiger partial charge on any atom is 0.312 e. The molecule has 0 saturated heterocycles. The maximum atomic E-state index is 11.4. The summed E-state index contributed by atoms with van der Waals surface area (Å²) < 4.78 is 4.92. The highest BCUT2D eigenvalue weighted by Crippen LogP contribution is 2.08. The maximum absolute atomic E-state index is 11.4. The Morgan fingerprint density at radius 1 is 1.24 bits per heavy atom. The molecule has 0 aliphatic carbocycles. The van der Waals surface area contributed by atoms with Crippen molar-refractivity contribution in [1.29, 1.82) is 0 Å². The zero-order valence-corrected chi connectivity index (χ0v) is 9.20. The van der Waals surface area contributed by atoms with E-state index in [0.717, 1.165) is 5.56 Å². The first-order valence-corrected chi connectivity index (χ1v) is 5.16. The van der Waals surface area contributed by atoms with Crippen molar-refractivity contribution in [2.24, 2.45) is 5.92 Å². The van der Waals surface area contributed by atoms with Crippen LogP contribution in [-0.4, -0.2) is 28.8 Å². The van der Waals surface area contributed by atoms with Gasteiger partial charge in [0, 0.05) is 0 Å². The van der Waals surface area contributed by atoms with E-state index in [2.05, 4.69) is 0 Å². The largest absolute Gasteiger partial charge is 0.481 e. The Morgan fingerprint density at radius 2 is 1.88 bits per heavy atom. The second-order valence-electron chi connectivity index (χ2n) is 3.57. The Morgan fingerprint density at radius 3 is 2.41 bits per heavy atom. The summed E-state index contributed by atoms with van der Waals surface area (Å²) in [5, 5.41) is 17.4. The molecule has 0 saturated carbocycles. The van der Waals surface area contributed by atoms with Gasteiger partial charge >= 0.3 is 11.9 Å². The molecule has 5 heteroatoms. The number of carboxylic acids is 1. The van der Waals surface area contributed by atoms with E-state index in [0.29, 0.717) is 0 Å². The number of aliphatic hydroxyl groups excluding tert-OH is 1. The first-order chi connectivity index (χ1) is 8.13. The Kier molecular flexibility index (Phi) is 5.16. The second kappa shape index (κ2) is 6.65. The number of rotatable bonds is 6. The fourth-order valence-electron chi connectivity index (χ4n) is 1.28. The number of esters is 1. The van der Waals surface area contributed by atoms with Gasteiger partial charge in [0.25, 0.3) is 0 Å². The number of carbonyl (C=O) groups is 2. The summed E-state index contributed by atoms with van der Waals surface area (Å²) >= 11 is 0. The molecule has 0 radical (unpaired) electrons. The highest BCUT2D eigenvalue weighted by molar-refractivity contribution is 5.79. The normalized spacial score (nSPS) is 11.8. The minimum absolute atomic E-state index is 0.0792. The zero-order chi connectivity index (χ0) is 12.7. The van der Waals surface area contributed by atoms with Crippen LogP contribution < -0.4 is 0 Å². The highest BCUT2D eigenvalue weighted by atomic mass is 16.5. The minimum atomic E-state index is -1.14. The van der Waals surface area contributed by atoms with Crippen molar-refractivity contribution in [3.8, 4) is 0 Å². The van der Waals surface area contributed by atoms with Gasteiger partial charge in [-0.2, -0.15) is 0 Å². The zero-order valence-electron chi connectivity index (χ0n) is 9.20. The van der Waals surface area contributed by atoms with Gasteiger partial charge in [-0.1, -0.05) is 30.3 Å². The molecule has 0 bridgehead atoms. The molecule has 1 aromatic rings. The Hall–Kier alpha value is -1.88. The molecule has 0 heterocycles. The van der Waals surface area contributed by atoms with Gasteiger partial charge in [-0.05, 0) is 5.56 Å². The molecule has 0 fully saturated rings. The molecule has 92 valence electrons. The number of ether oxygens (including phenoxy) is 1. The van der Waals surface area contributed by atoms with Crippen molar-refractivity contribution in [3.63, 3.8) is 0 Å². The van der Waals surface area contributed by atoms with Crippen molar-refractivity contribution in [3.05, 3.63) is 35.9 Å². The van der Waals surface area contributed by atoms with E-state index in [4.69, 9.17) is 14.9 Å². The fourth-order valence-corrected chi connectivity index (χ4v) is 1.28. The van der Waals surface area contributed by atoms with Crippen LogP contribution in [0.1, 0.15) is 12.0 Å². The molecule has 1 atom stereocenters. The molecular formula is C12H14O5. The van der Waals surface area contributed by atoms with Gasteiger partial charge in [-0.15, -0.1) is 0 Å². The van der Waals surface area contributed by atoms with E-state index in [9.17, 15) is 9.59 Å². The summed E-state index contributed by atoms with van der Waals surface area (Å²) in [6.45, 7) is -0.449. The van der Waals surface area contributed by atoms with Crippen LogP contribution in [0.25, 0.3) is 0 Å². The van der Waals surface area contributed by atoms with E-state index in [-0.39, 0.29) is 6.61 Å². The number of aliphatic hydroxyl groups is 1. The number of carbonyl (C=O) groups excluding carboxylic acids is 1. The number of aliphatic carboxylic acids is 1. The van der Waals surface area contributed by atoms with Gasteiger partial charge in [0.2, 0.25) is 0 Å². The minimum Gasteiger partial charge on any atom is -0.481 e. The highest BCUT2D eigenvalue weighted by Gasteiger charge is 2.22. The van der Waals surface area contributed by atoms with Crippen LogP contribution in [0, 0.1) is 5.92 Å². The topological polar surface area (TPSA) is 83.8 Å². The smallest absolute Gasteiger partial charge is 0.312 e. The lowest BCUT2D eigenvalue weighted by molar-refractivity contribution is -0.155. The third kappa shape index (κ3) is 4.65. The van der Waals surface area contributed by atoms with Crippen molar-refractivity contribution >= 4 is 11.9 Å². The second-order valence-corrected chi connectivity index (χ2v) is 3.57. The molecule has 2 N–H and O–H groups in total. The van der Waals surface area contributed by atoms with Crippen molar-refractivity contribution < 1.29 is 24.5 Å². The van der Waals surface area contributed by atoms with Gasteiger partial charge in [-0.3, -0.25) is 9.59 Å². The first-order valence-electron chi connectivity index (χ1n) is 5.16. The lowest BCUT2D eigenvalue weighted by Gasteiger charge is -2.11. The SMILES string of the molecule is O=C(O)CC(CO)C(=O)OCc1ccccc1. The Bertz CT molecular complexity index is 374. The number of benzene rings is 1. The lowest BCUT2D eigenvalue weighted by Crippen LogP contribution is -2.24. The van der Waals surface area contributed by atoms with E-state index in [1.54, 1.807) is 12.1 Å². The molecule has 1 aromatic carbocycles. The summed E-state index contributed by atoms with van der Waals surface area (Å²) in [7, 11) is 0. The van der Waals surface area contributed by atoms with E-state index >= 15 is 0 Å². The van der Waals surface area contributed by atoms with E-state index in [1.165, 1.54) is 0 Å². The monoisotopic (exact) mass is 238 g/mol. The molecule has 0 aliphatic heterocycles. The van der Waals surface area contributed by atoms with Gasteiger partial charge < -0.3 is 14.9 Å². The average Bonchev–Trinajstić information content (AvgIpc) is 2.34. The molecule has 0 aliphatic rings. The summed E-state index contributed by atoms with van der Waals surface area (Å²) in [6, 6.07) is 9.04. The molecule has 1 rings (SSSR count). The number of hydrogen-bond acceptors (Lipinski definition) is 4. The number of hydrogen-bond donors (Lipinski definition) is 2. The van der Waals surface area contributed by atoms with Crippen LogP contribution in [0.5, 0.6) is 0 Å². The standard InChI is InChI=1S/C12H14O5/c13-7-10(6-11(14)15)12(16)17-8-9-4-2-1-3-5-9/h1-5,10,13H,6-8H2,(H,14,15). The molecule has 1 unspecified atom stereocenters. The molecular weight excluding hydrogens is 224 g/mol. The fraction of sp³-hybridized carbons (Fsp3) is 0.333. The lowest BCUT2D eigenvalue weighted by atomic mass is 10.1. The van der Waals surface area contributed by atoms with Gasteiger partial charge in [-0.25, -0.2) is 0 Å². The van der Waals surface area contributed by atoms with Gasteiger partial charge in [0.05, 0.1) is 18.9 Å². The summed E-state index contributed by atoms with van der Waals surface area (Å²) in [6.07, 6.45) is -0.426. The molecule has 5 nitrogen and oxygen atoms in total. The molecule has 17 heavy (non-hydrogen) atoms. The van der Waals surface area contributed by atoms with Crippen LogP contribution in [0.3, 0.4) is 0 Å². The van der Waals surface area contributed by atoms with Crippen LogP contribution in [0.15, 0.2) is 30.3 Å². The van der Waals surface area contributed by atoms with Crippen molar-refractivity contribution in [2.75, 3.05) is 6.61 Å². The average molecular weight is 238 g/mol. The van der Waals surface area contributed by atoms with Crippen molar-refractivity contribution in [2.45, 2.75) is 13.0 Å². The van der Waals surface area contributed by atoms with Crippen LogP contribution in [-0.2, 0) is 20.9 Å². The predicted octanol–water partition coefficient (Wildman–Crippen LogP) is 0.813.